The number of Topliss-reactive ketones (excluding diaryl/α,β-unsaturated/α-hetero) is 1. The highest BCUT2D eigenvalue weighted by Crippen LogP contribution is 2.10. The fourth-order valence-electron chi connectivity index (χ4n) is 2.16. The maximum absolute atomic E-state index is 12.6. The highest BCUT2D eigenvalue weighted by molar-refractivity contribution is 5.94. The number of carbonyl (C=O) groups excluding carboxylic acids is 4. The van der Waals surface area contributed by atoms with Crippen molar-refractivity contribution in [2.75, 3.05) is 13.8 Å². The average Bonchev–Trinajstić information content (AvgIpc) is 2.61. The molecular formula is C17H27FN2O8. The Bertz CT molecular complexity index is 594. The zero-order chi connectivity index (χ0) is 22.0. The number of nitrogens with one attached hydrogen (secondary N) is 2. The number of ketones is 1. The second-order valence-electron chi connectivity index (χ2n) is 6.72. The summed E-state index contributed by atoms with van der Waals surface area (Å²) < 4.78 is 22.2. The lowest BCUT2D eigenvalue weighted by Gasteiger charge is -2.25. The van der Waals surface area contributed by atoms with Crippen molar-refractivity contribution in [3.63, 3.8) is 0 Å². The third-order valence-corrected chi connectivity index (χ3v) is 3.71. The zero-order valence-corrected chi connectivity index (χ0v) is 16.5. The van der Waals surface area contributed by atoms with Crippen molar-refractivity contribution in [1.29, 1.82) is 0 Å². The monoisotopic (exact) mass is 406 g/mol. The summed E-state index contributed by atoms with van der Waals surface area (Å²) in [7, 11) is 1.15. The molecule has 0 heterocycles. The molecule has 0 spiro atoms. The van der Waals surface area contributed by atoms with Crippen molar-refractivity contribution >= 4 is 29.7 Å². The van der Waals surface area contributed by atoms with E-state index in [0.717, 1.165) is 7.11 Å². The first-order valence-electron chi connectivity index (χ1n) is 8.60. The van der Waals surface area contributed by atoms with Gasteiger partial charge in [-0.2, -0.15) is 0 Å². The van der Waals surface area contributed by atoms with E-state index in [0.29, 0.717) is 0 Å². The van der Waals surface area contributed by atoms with Gasteiger partial charge in [0.05, 0.1) is 13.5 Å². The van der Waals surface area contributed by atoms with E-state index in [2.05, 4.69) is 15.4 Å². The molecule has 160 valence electrons. The van der Waals surface area contributed by atoms with Crippen LogP contribution < -0.4 is 10.6 Å². The summed E-state index contributed by atoms with van der Waals surface area (Å²) in [6.45, 7) is 4.95. The fraction of sp³-hybridized carbons (Fsp3) is 0.706. The number of hydrogen-bond acceptors (Lipinski definition) is 7. The van der Waals surface area contributed by atoms with Crippen LogP contribution in [0.25, 0.3) is 0 Å². The first-order valence-corrected chi connectivity index (χ1v) is 8.60. The third kappa shape index (κ3) is 8.31. The minimum absolute atomic E-state index is 0.326. The smallest absolute Gasteiger partial charge is 0.408 e. The van der Waals surface area contributed by atoms with Gasteiger partial charge in [-0.1, -0.05) is 27.7 Å². The number of amides is 2. The van der Waals surface area contributed by atoms with Gasteiger partial charge in [-0.05, 0) is 11.8 Å². The van der Waals surface area contributed by atoms with E-state index in [-0.39, 0.29) is 5.92 Å². The van der Waals surface area contributed by atoms with Gasteiger partial charge in [0.2, 0.25) is 0 Å². The van der Waals surface area contributed by atoms with Crippen molar-refractivity contribution in [2.24, 2.45) is 11.8 Å². The SMILES string of the molecule is COC(=O)C(NC(=O)OC(C(=O)NC(CC(=O)O)C(=O)CF)C(C)C)C(C)C. The second-order valence-corrected chi connectivity index (χ2v) is 6.72. The van der Waals surface area contributed by atoms with Gasteiger partial charge in [0.15, 0.2) is 11.9 Å². The molecule has 0 aromatic heterocycles. The fourth-order valence-corrected chi connectivity index (χ4v) is 2.16. The normalized spacial score (nSPS) is 14.0. The lowest BCUT2D eigenvalue weighted by Crippen LogP contribution is -2.52. The van der Waals surface area contributed by atoms with Crippen LogP contribution in [-0.4, -0.2) is 66.8 Å². The number of esters is 1. The maximum Gasteiger partial charge on any atom is 0.408 e. The second kappa shape index (κ2) is 11.9. The van der Waals surface area contributed by atoms with Gasteiger partial charge in [-0.25, -0.2) is 14.0 Å². The lowest BCUT2D eigenvalue weighted by atomic mass is 10.0. The molecule has 0 aromatic rings. The molecule has 0 aromatic carbocycles. The molecule has 3 atom stereocenters. The van der Waals surface area contributed by atoms with Crippen LogP contribution in [0.1, 0.15) is 34.1 Å². The predicted octanol–water partition coefficient (Wildman–Crippen LogP) is 0.433. The molecule has 0 aliphatic carbocycles. The van der Waals surface area contributed by atoms with Crippen molar-refractivity contribution in [1.82, 2.24) is 10.6 Å². The van der Waals surface area contributed by atoms with E-state index >= 15 is 0 Å². The van der Waals surface area contributed by atoms with E-state index in [4.69, 9.17) is 9.84 Å². The third-order valence-electron chi connectivity index (χ3n) is 3.71. The van der Waals surface area contributed by atoms with Crippen LogP contribution >= 0.6 is 0 Å². The molecule has 0 rings (SSSR count). The summed E-state index contributed by atoms with van der Waals surface area (Å²) in [6.07, 6.45) is -3.30. The molecule has 0 bridgehead atoms. The maximum atomic E-state index is 12.6. The Morgan fingerprint density at radius 2 is 1.57 bits per heavy atom. The molecule has 2 amide bonds. The minimum atomic E-state index is -1.60. The van der Waals surface area contributed by atoms with Gasteiger partial charge in [-0.15, -0.1) is 0 Å². The number of aliphatic carboxylic acids is 1. The molecular weight excluding hydrogens is 379 g/mol. The largest absolute Gasteiger partial charge is 0.481 e. The summed E-state index contributed by atoms with van der Waals surface area (Å²) in [6, 6.07) is -2.61. The molecule has 10 nitrogen and oxygen atoms in total. The van der Waals surface area contributed by atoms with E-state index in [9.17, 15) is 28.4 Å². The average molecular weight is 406 g/mol. The Balaban J connectivity index is 5.21. The Morgan fingerprint density at radius 1 is 1.00 bits per heavy atom. The number of carboxylic acid groups (broad SMARTS) is 1. The zero-order valence-electron chi connectivity index (χ0n) is 16.5. The van der Waals surface area contributed by atoms with Gasteiger partial charge in [0.25, 0.3) is 5.91 Å². The number of hydrogen-bond donors (Lipinski definition) is 3. The van der Waals surface area contributed by atoms with Crippen LogP contribution in [0.5, 0.6) is 0 Å². The number of halogens is 1. The molecule has 0 radical (unpaired) electrons. The van der Waals surface area contributed by atoms with Gasteiger partial charge in [0, 0.05) is 0 Å². The number of rotatable bonds is 11. The molecule has 3 N–H and O–H groups in total. The summed E-state index contributed by atoms with van der Waals surface area (Å²) in [5.74, 6) is -5.08. The molecule has 0 saturated carbocycles. The molecule has 0 fully saturated rings. The van der Waals surface area contributed by atoms with Crippen molar-refractivity contribution in [3.8, 4) is 0 Å². The van der Waals surface area contributed by atoms with Crippen LogP contribution in [0.3, 0.4) is 0 Å². The van der Waals surface area contributed by atoms with Gasteiger partial charge < -0.3 is 25.2 Å². The number of carbonyl (C=O) groups is 5. The van der Waals surface area contributed by atoms with Crippen molar-refractivity contribution < 1.29 is 42.9 Å². The van der Waals surface area contributed by atoms with Gasteiger partial charge in [-0.3, -0.25) is 14.4 Å². The Morgan fingerprint density at radius 3 is 1.96 bits per heavy atom. The molecule has 0 aliphatic heterocycles. The first-order chi connectivity index (χ1) is 12.9. The van der Waals surface area contributed by atoms with Crippen LogP contribution in [0, 0.1) is 11.8 Å². The molecule has 0 saturated heterocycles. The lowest BCUT2D eigenvalue weighted by molar-refractivity contribution is -0.144. The standard InChI is InChI=1S/C17H27FN2O8/c1-8(2)13(16(25)27-5)20-17(26)28-14(9(3)4)15(24)19-10(6-12(22)23)11(21)7-18/h8-10,13-14H,6-7H2,1-5H3,(H,19,24)(H,20,26)(H,22,23). The van der Waals surface area contributed by atoms with Crippen LogP contribution in [0.2, 0.25) is 0 Å². The number of ether oxygens (including phenoxy) is 2. The van der Waals surface area contributed by atoms with E-state index < -0.39 is 66.9 Å². The van der Waals surface area contributed by atoms with Crippen molar-refractivity contribution in [3.05, 3.63) is 0 Å². The molecule has 0 aliphatic rings. The molecule has 3 unspecified atom stereocenters. The number of methoxy groups -OCH3 is 1. The summed E-state index contributed by atoms with van der Waals surface area (Å²) in [4.78, 5) is 58.5. The molecule has 28 heavy (non-hydrogen) atoms. The first kappa shape index (κ1) is 25.3. The number of carboxylic acids is 1. The highest BCUT2D eigenvalue weighted by atomic mass is 19.1. The van der Waals surface area contributed by atoms with Gasteiger partial charge >= 0.3 is 18.0 Å². The summed E-state index contributed by atoms with van der Waals surface area (Å²) >= 11 is 0. The number of alkyl halides is 1. The Kier molecular flexibility index (Phi) is 10.7. The summed E-state index contributed by atoms with van der Waals surface area (Å²) in [5.41, 5.74) is 0. The van der Waals surface area contributed by atoms with E-state index in [1.165, 1.54) is 0 Å². The summed E-state index contributed by atoms with van der Waals surface area (Å²) in [5, 5.41) is 13.2. The topological polar surface area (TPSA) is 148 Å². The van der Waals surface area contributed by atoms with Crippen LogP contribution in [0.4, 0.5) is 9.18 Å². The van der Waals surface area contributed by atoms with Crippen LogP contribution in [0.15, 0.2) is 0 Å². The highest BCUT2D eigenvalue weighted by Gasteiger charge is 2.33. The van der Waals surface area contributed by atoms with Crippen LogP contribution in [-0.2, 0) is 28.7 Å². The quantitative estimate of drug-likeness (QED) is 0.419. The Hall–Kier alpha value is -2.72. The number of alkyl carbamates (subject to hydrolysis) is 1. The van der Waals surface area contributed by atoms with E-state index in [1.807, 2.05) is 0 Å². The predicted molar refractivity (Wildman–Crippen MR) is 94.1 cm³/mol. The van der Waals surface area contributed by atoms with E-state index in [1.54, 1.807) is 27.7 Å². The van der Waals surface area contributed by atoms with Gasteiger partial charge in [0.1, 0.15) is 18.8 Å². The minimum Gasteiger partial charge on any atom is -0.481 e. The Labute approximate surface area is 162 Å². The molecule has 11 heteroatoms. The van der Waals surface area contributed by atoms with Crippen molar-refractivity contribution in [2.45, 2.75) is 52.3 Å².